The highest BCUT2D eigenvalue weighted by atomic mass is 32.2. The van der Waals surface area contributed by atoms with Crippen molar-refractivity contribution in [2.45, 2.75) is 33.1 Å². The second-order valence-corrected chi connectivity index (χ2v) is 6.34. The largest absolute Gasteiger partial charge is 0.316 e. The number of nitrogens with one attached hydrogen (secondary N) is 1. The molecule has 0 rings (SSSR count). The van der Waals surface area contributed by atoms with Crippen LogP contribution in [0.2, 0.25) is 0 Å². The molecule has 1 unspecified atom stereocenters. The topological polar surface area (TPSA) is 46.2 Å². The lowest BCUT2D eigenvalue weighted by Crippen LogP contribution is -2.22. The van der Waals surface area contributed by atoms with Gasteiger partial charge in [-0.25, -0.2) is 8.42 Å². The molecule has 0 amide bonds. The third-order valence-corrected chi connectivity index (χ3v) is 3.16. The molecule has 0 aromatic carbocycles. The minimum atomic E-state index is -2.77. The van der Waals surface area contributed by atoms with Gasteiger partial charge in [0.25, 0.3) is 0 Å². The summed E-state index contributed by atoms with van der Waals surface area (Å²) in [7, 11) is -2.77. The zero-order valence-corrected chi connectivity index (χ0v) is 10.4. The first-order chi connectivity index (χ1) is 6.45. The molecule has 0 aliphatic carbocycles. The molecule has 0 aliphatic heterocycles. The van der Waals surface area contributed by atoms with Gasteiger partial charge in [0.2, 0.25) is 0 Å². The van der Waals surface area contributed by atoms with Crippen LogP contribution >= 0.6 is 0 Å². The van der Waals surface area contributed by atoms with Crippen LogP contribution in [0, 0.1) is 5.92 Å². The summed E-state index contributed by atoms with van der Waals surface area (Å²) in [6.07, 6.45) is 4.22. The third-order valence-electron chi connectivity index (χ3n) is 2.13. The SMILES string of the molecule is CCCNCC(C)CCCS(C)(=O)=O. The van der Waals surface area contributed by atoms with Crippen molar-refractivity contribution in [3.05, 3.63) is 0 Å². The molecule has 0 aromatic heterocycles. The minimum Gasteiger partial charge on any atom is -0.316 e. The Labute approximate surface area is 88.2 Å². The molecule has 0 heterocycles. The van der Waals surface area contributed by atoms with Crippen molar-refractivity contribution in [1.82, 2.24) is 5.32 Å². The third kappa shape index (κ3) is 9.99. The van der Waals surface area contributed by atoms with Gasteiger partial charge in [-0.1, -0.05) is 13.8 Å². The molecule has 0 fully saturated rings. The van der Waals surface area contributed by atoms with Gasteiger partial charge in [0.05, 0.1) is 0 Å². The molecular formula is C10H23NO2S. The van der Waals surface area contributed by atoms with Crippen LogP contribution in [0.5, 0.6) is 0 Å². The maximum Gasteiger partial charge on any atom is 0.147 e. The predicted octanol–water partition coefficient (Wildman–Crippen LogP) is 1.45. The fraction of sp³-hybridized carbons (Fsp3) is 1.00. The Morgan fingerprint density at radius 1 is 1.36 bits per heavy atom. The van der Waals surface area contributed by atoms with Gasteiger partial charge in [-0.05, 0) is 38.3 Å². The summed E-state index contributed by atoms with van der Waals surface area (Å²) in [4.78, 5) is 0. The molecule has 3 nitrogen and oxygen atoms in total. The number of sulfone groups is 1. The van der Waals surface area contributed by atoms with E-state index in [1.165, 1.54) is 6.26 Å². The fourth-order valence-corrected chi connectivity index (χ4v) is 2.01. The van der Waals surface area contributed by atoms with Gasteiger partial charge in [0, 0.05) is 12.0 Å². The molecule has 0 spiro atoms. The molecule has 0 aliphatic rings. The van der Waals surface area contributed by atoms with Gasteiger partial charge in [-0.2, -0.15) is 0 Å². The Hall–Kier alpha value is -0.0900. The van der Waals surface area contributed by atoms with Gasteiger partial charge < -0.3 is 5.32 Å². The first kappa shape index (κ1) is 13.9. The van der Waals surface area contributed by atoms with E-state index in [4.69, 9.17) is 0 Å². The zero-order valence-electron chi connectivity index (χ0n) is 9.54. The van der Waals surface area contributed by atoms with Gasteiger partial charge >= 0.3 is 0 Å². The van der Waals surface area contributed by atoms with E-state index < -0.39 is 9.84 Å². The lowest BCUT2D eigenvalue weighted by Gasteiger charge is -2.11. The average molecular weight is 221 g/mol. The fourth-order valence-electron chi connectivity index (χ4n) is 1.32. The monoisotopic (exact) mass is 221 g/mol. The maximum absolute atomic E-state index is 10.9. The minimum absolute atomic E-state index is 0.325. The zero-order chi connectivity index (χ0) is 11.0. The maximum atomic E-state index is 10.9. The summed E-state index contributed by atoms with van der Waals surface area (Å²) in [6, 6.07) is 0. The number of hydrogen-bond donors (Lipinski definition) is 1. The second kappa shape index (κ2) is 7.23. The lowest BCUT2D eigenvalue weighted by molar-refractivity contribution is 0.475. The van der Waals surface area contributed by atoms with Crippen molar-refractivity contribution >= 4 is 9.84 Å². The predicted molar refractivity (Wildman–Crippen MR) is 61.3 cm³/mol. The second-order valence-electron chi connectivity index (χ2n) is 4.08. The van der Waals surface area contributed by atoms with E-state index in [-0.39, 0.29) is 0 Å². The van der Waals surface area contributed by atoms with E-state index in [9.17, 15) is 8.42 Å². The van der Waals surface area contributed by atoms with Crippen LogP contribution in [0.3, 0.4) is 0 Å². The summed E-state index contributed by atoms with van der Waals surface area (Å²) in [5, 5.41) is 3.33. The smallest absolute Gasteiger partial charge is 0.147 e. The summed E-state index contributed by atoms with van der Waals surface area (Å²) in [5.74, 6) is 0.897. The molecule has 1 atom stereocenters. The highest BCUT2D eigenvalue weighted by Gasteiger charge is 2.05. The van der Waals surface area contributed by atoms with Crippen molar-refractivity contribution in [1.29, 1.82) is 0 Å². The molecule has 1 N–H and O–H groups in total. The average Bonchev–Trinajstić information content (AvgIpc) is 2.02. The van der Waals surface area contributed by atoms with Crippen LogP contribution in [0.1, 0.15) is 33.1 Å². The van der Waals surface area contributed by atoms with Crippen molar-refractivity contribution in [2.24, 2.45) is 5.92 Å². The number of rotatable bonds is 8. The standard InChI is InChI=1S/C10H23NO2S/c1-4-7-11-9-10(2)6-5-8-14(3,12)13/h10-11H,4-9H2,1-3H3. The van der Waals surface area contributed by atoms with Gasteiger partial charge in [0.1, 0.15) is 9.84 Å². The molecular weight excluding hydrogens is 198 g/mol. The van der Waals surface area contributed by atoms with E-state index >= 15 is 0 Å². The summed E-state index contributed by atoms with van der Waals surface area (Å²) in [6.45, 7) is 6.35. The van der Waals surface area contributed by atoms with Crippen molar-refractivity contribution in [3.8, 4) is 0 Å². The van der Waals surface area contributed by atoms with Gasteiger partial charge in [0.15, 0.2) is 0 Å². The summed E-state index contributed by atoms with van der Waals surface area (Å²) in [5.41, 5.74) is 0. The summed E-state index contributed by atoms with van der Waals surface area (Å²) >= 11 is 0. The van der Waals surface area contributed by atoms with Crippen LogP contribution in [-0.4, -0.2) is 33.5 Å². The van der Waals surface area contributed by atoms with Crippen molar-refractivity contribution in [3.63, 3.8) is 0 Å². The first-order valence-electron chi connectivity index (χ1n) is 5.34. The van der Waals surface area contributed by atoms with Crippen molar-refractivity contribution in [2.75, 3.05) is 25.1 Å². The van der Waals surface area contributed by atoms with E-state index in [1.54, 1.807) is 0 Å². The van der Waals surface area contributed by atoms with Gasteiger partial charge in [-0.15, -0.1) is 0 Å². The molecule has 14 heavy (non-hydrogen) atoms. The van der Waals surface area contributed by atoms with Gasteiger partial charge in [-0.3, -0.25) is 0 Å². The van der Waals surface area contributed by atoms with Crippen LogP contribution in [0.25, 0.3) is 0 Å². The van der Waals surface area contributed by atoms with E-state index in [0.29, 0.717) is 11.7 Å². The highest BCUT2D eigenvalue weighted by Crippen LogP contribution is 2.05. The van der Waals surface area contributed by atoms with E-state index in [1.807, 2.05) is 0 Å². The molecule has 0 radical (unpaired) electrons. The molecule has 0 aromatic rings. The molecule has 0 saturated carbocycles. The Morgan fingerprint density at radius 3 is 2.50 bits per heavy atom. The first-order valence-corrected chi connectivity index (χ1v) is 7.40. The molecule has 4 heteroatoms. The molecule has 86 valence electrons. The Morgan fingerprint density at radius 2 is 2.00 bits per heavy atom. The van der Waals surface area contributed by atoms with Crippen LogP contribution < -0.4 is 5.32 Å². The Kier molecular flexibility index (Phi) is 7.19. The lowest BCUT2D eigenvalue weighted by atomic mass is 10.1. The van der Waals surface area contributed by atoms with Crippen LogP contribution in [0.4, 0.5) is 0 Å². The van der Waals surface area contributed by atoms with E-state index in [2.05, 4.69) is 19.2 Å². The van der Waals surface area contributed by atoms with Crippen LogP contribution in [0.15, 0.2) is 0 Å². The molecule has 0 bridgehead atoms. The Bertz CT molecular complexity index is 224. The van der Waals surface area contributed by atoms with Crippen LogP contribution in [-0.2, 0) is 9.84 Å². The van der Waals surface area contributed by atoms with E-state index in [0.717, 1.165) is 32.4 Å². The molecule has 0 saturated heterocycles. The normalized spacial score (nSPS) is 14.2. The quantitative estimate of drug-likeness (QED) is 0.631. The highest BCUT2D eigenvalue weighted by molar-refractivity contribution is 7.90. The number of hydrogen-bond acceptors (Lipinski definition) is 3. The van der Waals surface area contributed by atoms with Crippen molar-refractivity contribution < 1.29 is 8.42 Å². The summed E-state index contributed by atoms with van der Waals surface area (Å²) < 4.78 is 21.7. The Balaban J connectivity index is 3.40.